The summed E-state index contributed by atoms with van der Waals surface area (Å²) in [4.78, 5) is 29.9. The number of aryl methyl sites for hydroxylation is 1. The standard InChI is InChI=1S/C25H30N4O4S/c1-15(30)27-18-5-7-19(8-6-18)29-12-17-11-26-24-23(17)21(13-28(2)25(24)31)20-10-16(4-9-22(20)29)14-34(3,32)33/h4,9-11,13,18-19,26H,5-8,12,14H2,1-3H3,(H,27,30). The molecule has 0 unspecified atom stereocenters. The number of hydrogen-bond acceptors (Lipinski definition) is 5. The van der Waals surface area contributed by atoms with Crippen molar-refractivity contribution in [1.29, 1.82) is 0 Å². The number of rotatable bonds is 4. The molecule has 1 aliphatic carbocycles. The largest absolute Gasteiger partial charge is 0.364 e. The minimum absolute atomic E-state index is 0.00780. The zero-order valence-corrected chi connectivity index (χ0v) is 20.5. The maximum Gasteiger partial charge on any atom is 0.274 e. The first-order valence-corrected chi connectivity index (χ1v) is 13.7. The molecule has 1 saturated carbocycles. The second-order valence-corrected chi connectivity index (χ2v) is 11.9. The molecule has 0 atom stereocenters. The number of nitrogens with zero attached hydrogens (tertiary/aromatic N) is 2. The van der Waals surface area contributed by atoms with Gasteiger partial charge in [0, 0.05) is 73.4 Å². The molecule has 1 fully saturated rings. The third-order valence-corrected chi connectivity index (χ3v) is 7.92. The van der Waals surface area contributed by atoms with Crippen molar-refractivity contribution in [2.75, 3.05) is 11.2 Å². The van der Waals surface area contributed by atoms with E-state index in [1.165, 1.54) is 6.26 Å². The van der Waals surface area contributed by atoms with Crippen molar-refractivity contribution in [3.8, 4) is 11.1 Å². The molecule has 0 radical (unpaired) electrons. The number of fused-ring (bicyclic) bond motifs is 2. The second kappa shape index (κ2) is 8.30. The van der Waals surface area contributed by atoms with Gasteiger partial charge in [0.1, 0.15) is 5.52 Å². The zero-order valence-electron chi connectivity index (χ0n) is 19.7. The Kier molecular flexibility index (Phi) is 5.55. The van der Waals surface area contributed by atoms with Gasteiger partial charge in [0.2, 0.25) is 5.91 Å². The number of H-pyrrole nitrogens is 1. The Hall–Kier alpha value is -3.07. The number of sulfone groups is 1. The summed E-state index contributed by atoms with van der Waals surface area (Å²) in [6, 6.07) is 6.38. The maximum atomic E-state index is 12.8. The minimum Gasteiger partial charge on any atom is -0.364 e. The molecular formula is C25H30N4O4S. The van der Waals surface area contributed by atoms with Gasteiger partial charge in [-0.05, 0) is 48.9 Å². The number of benzene rings is 1. The van der Waals surface area contributed by atoms with E-state index in [9.17, 15) is 18.0 Å². The normalized spacial score (nSPS) is 20.1. The van der Waals surface area contributed by atoms with Crippen molar-refractivity contribution in [1.82, 2.24) is 14.9 Å². The van der Waals surface area contributed by atoms with Crippen LogP contribution in [0.4, 0.5) is 5.69 Å². The van der Waals surface area contributed by atoms with Crippen LogP contribution < -0.4 is 15.8 Å². The fourth-order valence-electron chi connectivity index (χ4n) is 5.62. The van der Waals surface area contributed by atoms with E-state index < -0.39 is 9.84 Å². The van der Waals surface area contributed by atoms with Gasteiger partial charge >= 0.3 is 0 Å². The lowest BCUT2D eigenvalue weighted by atomic mass is 9.89. The Bertz CT molecular complexity index is 1450. The molecule has 0 spiro atoms. The monoisotopic (exact) mass is 482 g/mol. The summed E-state index contributed by atoms with van der Waals surface area (Å²) in [6.07, 6.45) is 8.75. The van der Waals surface area contributed by atoms with Gasteiger partial charge in [-0.25, -0.2) is 8.42 Å². The smallest absolute Gasteiger partial charge is 0.274 e. The highest BCUT2D eigenvalue weighted by Gasteiger charge is 2.31. The summed E-state index contributed by atoms with van der Waals surface area (Å²) in [5.41, 5.74) is 5.23. The number of aromatic amines is 1. The van der Waals surface area contributed by atoms with E-state index in [1.54, 1.807) is 18.5 Å². The fraction of sp³-hybridized carbons (Fsp3) is 0.440. The summed E-state index contributed by atoms with van der Waals surface area (Å²) < 4.78 is 25.6. The van der Waals surface area contributed by atoms with Crippen molar-refractivity contribution in [2.24, 2.45) is 7.05 Å². The van der Waals surface area contributed by atoms with Gasteiger partial charge in [-0.3, -0.25) is 9.59 Å². The third-order valence-electron chi connectivity index (χ3n) is 7.06. The van der Waals surface area contributed by atoms with Crippen LogP contribution in [0.2, 0.25) is 0 Å². The van der Waals surface area contributed by atoms with Crippen LogP contribution in [-0.4, -0.2) is 42.2 Å². The number of carbonyl (C=O) groups is 1. The molecule has 1 aliphatic heterocycles. The molecule has 0 bridgehead atoms. The highest BCUT2D eigenvalue weighted by molar-refractivity contribution is 7.89. The summed E-state index contributed by atoms with van der Waals surface area (Å²) in [7, 11) is -1.45. The van der Waals surface area contributed by atoms with Gasteiger partial charge < -0.3 is 19.8 Å². The second-order valence-electron chi connectivity index (χ2n) is 9.78. The van der Waals surface area contributed by atoms with Gasteiger partial charge in [0.25, 0.3) is 5.56 Å². The zero-order chi connectivity index (χ0) is 24.2. The predicted molar refractivity (Wildman–Crippen MR) is 134 cm³/mol. The van der Waals surface area contributed by atoms with Gasteiger partial charge in [-0.1, -0.05) is 6.07 Å². The molecule has 5 rings (SSSR count). The predicted octanol–water partition coefficient (Wildman–Crippen LogP) is 2.85. The van der Waals surface area contributed by atoms with E-state index in [0.29, 0.717) is 12.1 Å². The van der Waals surface area contributed by atoms with Crippen LogP contribution in [-0.2, 0) is 34.0 Å². The highest BCUT2D eigenvalue weighted by Crippen LogP contribution is 2.43. The van der Waals surface area contributed by atoms with E-state index in [4.69, 9.17) is 0 Å². The van der Waals surface area contributed by atoms with Crippen LogP contribution in [0, 0.1) is 0 Å². The molecule has 2 aliphatic rings. The van der Waals surface area contributed by atoms with E-state index in [2.05, 4.69) is 15.2 Å². The Labute approximate surface area is 198 Å². The van der Waals surface area contributed by atoms with E-state index in [-0.39, 0.29) is 29.3 Å². The van der Waals surface area contributed by atoms with Crippen LogP contribution in [0.1, 0.15) is 43.7 Å². The molecule has 9 heteroatoms. The molecule has 2 N–H and O–H groups in total. The number of carbonyl (C=O) groups excluding carboxylic acids is 1. The molecule has 1 aromatic carbocycles. The number of anilines is 1. The summed E-state index contributed by atoms with van der Waals surface area (Å²) in [6.45, 7) is 2.22. The Balaban J connectivity index is 1.63. The lowest BCUT2D eigenvalue weighted by Crippen LogP contribution is -2.43. The van der Waals surface area contributed by atoms with Gasteiger partial charge in [-0.15, -0.1) is 0 Å². The van der Waals surface area contributed by atoms with Gasteiger partial charge in [-0.2, -0.15) is 0 Å². The molecule has 1 amide bonds. The minimum atomic E-state index is -3.19. The van der Waals surface area contributed by atoms with Crippen molar-refractivity contribution >= 4 is 32.3 Å². The molecule has 34 heavy (non-hydrogen) atoms. The van der Waals surface area contributed by atoms with Crippen LogP contribution in [0.15, 0.2) is 35.4 Å². The first-order chi connectivity index (χ1) is 16.1. The summed E-state index contributed by atoms with van der Waals surface area (Å²) >= 11 is 0. The molecule has 180 valence electrons. The summed E-state index contributed by atoms with van der Waals surface area (Å²) in [5.74, 6) is -0.0229. The van der Waals surface area contributed by atoms with Crippen molar-refractivity contribution < 1.29 is 13.2 Å². The number of hydrogen-bond donors (Lipinski definition) is 2. The number of pyridine rings is 1. The third kappa shape index (κ3) is 4.13. The average Bonchev–Trinajstić information content (AvgIpc) is 3.12. The van der Waals surface area contributed by atoms with Gasteiger partial charge in [0.15, 0.2) is 9.84 Å². The Morgan fingerprint density at radius 3 is 2.59 bits per heavy atom. The van der Waals surface area contributed by atoms with E-state index in [0.717, 1.165) is 59.0 Å². The van der Waals surface area contributed by atoms with Crippen molar-refractivity contribution in [3.05, 3.63) is 52.1 Å². The van der Waals surface area contributed by atoms with Crippen LogP contribution >= 0.6 is 0 Å². The lowest BCUT2D eigenvalue weighted by Gasteiger charge is -2.39. The van der Waals surface area contributed by atoms with Crippen molar-refractivity contribution in [3.63, 3.8) is 0 Å². The highest BCUT2D eigenvalue weighted by atomic mass is 32.2. The lowest BCUT2D eigenvalue weighted by molar-refractivity contribution is -0.119. The number of amides is 1. The van der Waals surface area contributed by atoms with Crippen LogP contribution in [0.3, 0.4) is 0 Å². The quantitative estimate of drug-likeness (QED) is 0.595. The molecule has 3 aromatic rings. The number of nitrogens with one attached hydrogen (secondary N) is 2. The van der Waals surface area contributed by atoms with E-state index in [1.807, 2.05) is 30.6 Å². The first-order valence-electron chi connectivity index (χ1n) is 11.6. The fourth-order valence-corrected chi connectivity index (χ4v) is 6.40. The maximum absolute atomic E-state index is 12.8. The summed E-state index contributed by atoms with van der Waals surface area (Å²) in [5, 5.41) is 3.96. The molecule has 2 aromatic heterocycles. The van der Waals surface area contributed by atoms with Crippen LogP contribution in [0.25, 0.3) is 22.0 Å². The molecule has 0 saturated heterocycles. The van der Waals surface area contributed by atoms with Crippen molar-refractivity contribution in [2.45, 2.75) is 57.0 Å². The SMILES string of the molecule is CC(=O)NC1CCC(N2Cc3c[nH]c4c(=O)n(C)cc(c34)-c3cc(CS(C)(=O)=O)ccc32)CC1. The van der Waals surface area contributed by atoms with E-state index >= 15 is 0 Å². The molecular weight excluding hydrogens is 452 g/mol. The molecule has 3 heterocycles. The topological polar surface area (TPSA) is 104 Å². The van der Waals surface area contributed by atoms with Crippen LogP contribution in [0.5, 0.6) is 0 Å². The number of aromatic nitrogens is 2. The average molecular weight is 483 g/mol. The Morgan fingerprint density at radius 1 is 1.18 bits per heavy atom. The first kappa shape index (κ1) is 22.7. The molecule has 8 nitrogen and oxygen atoms in total. The van der Waals surface area contributed by atoms with Gasteiger partial charge in [0.05, 0.1) is 5.75 Å². The Morgan fingerprint density at radius 2 is 1.91 bits per heavy atom.